The van der Waals surface area contributed by atoms with Crippen molar-refractivity contribution in [3.63, 3.8) is 0 Å². The van der Waals surface area contributed by atoms with E-state index < -0.39 is 29.4 Å². The molecule has 22 heavy (non-hydrogen) atoms. The molecule has 2 amide bonds. The molecule has 1 fully saturated rings. The van der Waals surface area contributed by atoms with Gasteiger partial charge in [0, 0.05) is 13.0 Å². The predicted octanol–water partition coefficient (Wildman–Crippen LogP) is -1.24. The van der Waals surface area contributed by atoms with Gasteiger partial charge in [0.1, 0.15) is 11.6 Å². The van der Waals surface area contributed by atoms with Crippen molar-refractivity contribution in [3.8, 4) is 0 Å². The van der Waals surface area contributed by atoms with Gasteiger partial charge in [-0.2, -0.15) is 0 Å². The summed E-state index contributed by atoms with van der Waals surface area (Å²) in [5, 5.41) is 20.0. The van der Waals surface area contributed by atoms with Gasteiger partial charge in [-0.15, -0.1) is 0 Å². The summed E-state index contributed by atoms with van der Waals surface area (Å²) in [7, 11) is 0. The highest BCUT2D eigenvalue weighted by Gasteiger charge is 2.46. The Hall–Kier alpha value is -2.16. The lowest BCUT2D eigenvalue weighted by molar-refractivity contribution is -0.147. The molecule has 1 heterocycles. The molecule has 0 aromatic carbocycles. The van der Waals surface area contributed by atoms with Gasteiger partial charge in [-0.25, -0.2) is 4.79 Å². The molecule has 124 valence electrons. The van der Waals surface area contributed by atoms with Crippen LogP contribution in [0.2, 0.25) is 0 Å². The first-order valence-corrected chi connectivity index (χ1v) is 6.98. The number of nitrogens with one attached hydrogen (secondary N) is 1. The lowest BCUT2D eigenvalue weighted by atomic mass is 9.96. The Labute approximate surface area is 127 Å². The SMILES string of the molecule is C[C@]1(C(=O)N[C@@H](CCC(=O)O)C(=O)O)CCCN1C(=O)CN. The van der Waals surface area contributed by atoms with Crippen molar-refractivity contribution >= 4 is 23.8 Å². The number of nitrogens with zero attached hydrogens (tertiary/aromatic N) is 1. The average molecular weight is 315 g/mol. The van der Waals surface area contributed by atoms with Crippen LogP contribution in [0.25, 0.3) is 0 Å². The maximum atomic E-state index is 12.4. The van der Waals surface area contributed by atoms with Crippen LogP contribution >= 0.6 is 0 Å². The first kappa shape index (κ1) is 17.9. The fourth-order valence-corrected chi connectivity index (χ4v) is 2.55. The van der Waals surface area contributed by atoms with Crippen LogP contribution in [0.4, 0.5) is 0 Å². The monoisotopic (exact) mass is 315 g/mol. The van der Waals surface area contributed by atoms with Crippen molar-refractivity contribution in [2.45, 2.75) is 44.2 Å². The molecule has 1 rings (SSSR count). The van der Waals surface area contributed by atoms with Gasteiger partial charge in [-0.3, -0.25) is 14.4 Å². The number of hydrogen-bond donors (Lipinski definition) is 4. The van der Waals surface area contributed by atoms with Crippen molar-refractivity contribution in [2.75, 3.05) is 13.1 Å². The van der Waals surface area contributed by atoms with Crippen LogP contribution in [0.15, 0.2) is 0 Å². The quantitative estimate of drug-likeness (QED) is 0.459. The highest BCUT2D eigenvalue weighted by atomic mass is 16.4. The number of aliphatic carboxylic acids is 2. The molecule has 0 radical (unpaired) electrons. The minimum Gasteiger partial charge on any atom is -0.481 e. The van der Waals surface area contributed by atoms with Crippen molar-refractivity contribution in [1.82, 2.24) is 10.2 Å². The summed E-state index contributed by atoms with van der Waals surface area (Å²) in [4.78, 5) is 47.2. The normalized spacial score (nSPS) is 22.2. The molecule has 0 unspecified atom stereocenters. The molecular weight excluding hydrogens is 294 g/mol. The van der Waals surface area contributed by atoms with E-state index in [-0.39, 0.29) is 25.3 Å². The number of nitrogens with two attached hydrogens (primary N) is 1. The largest absolute Gasteiger partial charge is 0.481 e. The first-order chi connectivity index (χ1) is 10.2. The maximum absolute atomic E-state index is 12.4. The first-order valence-electron chi connectivity index (χ1n) is 6.98. The fraction of sp³-hybridized carbons (Fsp3) is 0.692. The fourth-order valence-electron chi connectivity index (χ4n) is 2.55. The number of amides is 2. The average Bonchev–Trinajstić information content (AvgIpc) is 2.85. The molecule has 5 N–H and O–H groups in total. The highest BCUT2D eigenvalue weighted by molar-refractivity contribution is 5.94. The van der Waals surface area contributed by atoms with Gasteiger partial charge in [-0.1, -0.05) is 0 Å². The molecule has 1 aliphatic heterocycles. The third-order valence-electron chi connectivity index (χ3n) is 3.86. The number of carbonyl (C=O) groups excluding carboxylic acids is 2. The number of carboxylic acid groups (broad SMARTS) is 2. The molecule has 9 heteroatoms. The van der Waals surface area contributed by atoms with E-state index in [2.05, 4.69) is 5.32 Å². The van der Waals surface area contributed by atoms with Crippen molar-refractivity contribution < 1.29 is 29.4 Å². The number of rotatable bonds is 7. The topological polar surface area (TPSA) is 150 Å². The molecular formula is C13H21N3O6. The Kier molecular flexibility index (Phi) is 5.86. The van der Waals surface area contributed by atoms with Crippen molar-refractivity contribution in [1.29, 1.82) is 0 Å². The Morgan fingerprint density at radius 2 is 1.95 bits per heavy atom. The van der Waals surface area contributed by atoms with E-state index in [4.69, 9.17) is 15.9 Å². The molecule has 1 saturated heterocycles. The zero-order chi connectivity index (χ0) is 16.9. The van der Waals surface area contributed by atoms with Gasteiger partial charge >= 0.3 is 11.9 Å². The van der Waals surface area contributed by atoms with E-state index in [1.807, 2.05) is 0 Å². The van der Waals surface area contributed by atoms with Crippen molar-refractivity contribution in [2.24, 2.45) is 5.73 Å². The van der Waals surface area contributed by atoms with Crippen LogP contribution in [0.3, 0.4) is 0 Å². The third-order valence-corrected chi connectivity index (χ3v) is 3.86. The molecule has 0 spiro atoms. The molecule has 0 aromatic rings. The number of likely N-dealkylation sites (tertiary alicyclic amines) is 1. The minimum atomic E-state index is -1.31. The Morgan fingerprint density at radius 1 is 1.32 bits per heavy atom. The van der Waals surface area contributed by atoms with Crippen LogP contribution < -0.4 is 11.1 Å². The minimum absolute atomic E-state index is 0.225. The zero-order valence-corrected chi connectivity index (χ0v) is 12.4. The van der Waals surface area contributed by atoms with Gasteiger partial charge in [0.15, 0.2) is 0 Å². The van der Waals surface area contributed by atoms with Crippen molar-refractivity contribution in [3.05, 3.63) is 0 Å². The predicted molar refractivity (Wildman–Crippen MR) is 74.8 cm³/mol. The van der Waals surface area contributed by atoms with Crippen LogP contribution in [0, 0.1) is 0 Å². The summed E-state index contributed by atoms with van der Waals surface area (Å²) in [5.74, 6) is -3.45. The van der Waals surface area contributed by atoms with E-state index in [0.717, 1.165) is 0 Å². The molecule has 0 saturated carbocycles. The number of carbonyl (C=O) groups is 4. The lowest BCUT2D eigenvalue weighted by Gasteiger charge is -2.34. The second-order valence-corrected chi connectivity index (χ2v) is 5.42. The highest BCUT2D eigenvalue weighted by Crippen LogP contribution is 2.29. The summed E-state index contributed by atoms with van der Waals surface area (Å²) in [6.07, 6.45) is 0.412. The molecule has 0 aliphatic carbocycles. The number of carboxylic acids is 2. The van der Waals surface area contributed by atoms with E-state index in [1.54, 1.807) is 6.92 Å². The summed E-state index contributed by atoms with van der Waals surface area (Å²) < 4.78 is 0. The van der Waals surface area contributed by atoms with Crippen LogP contribution in [-0.4, -0.2) is 63.5 Å². The van der Waals surface area contributed by atoms with E-state index in [9.17, 15) is 19.2 Å². The lowest BCUT2D eigenvalue weighted by Crippen LogP contribution is -2.59. The van der Waals surface area contributed by atoms with Gasteiger partial charge in [0.25, 0.3) is 0 Å². The zero-order valence-electron chi connectivity index (χ0n) is 12.4. The molecule has 1 aliphatic rings. The molecule has 0 bridgehead atoms. The maximum Gasteiger partial charge on any atom is 0.326 e. The van der Waals surface area contributed by atoms with E-state index >= 15 is 0 Å². The summed E-state index contributed by atoms with van der Waals surface area (Å²) >= 11 is 0. The molecule has 0 aromatic heterocycles. The van der Waals surface area contributed by atoms with E-state index in [1.165, 1.54) is 4.90 Å². The third kappa shape index (κ3) is 3.94. The molecule has 9 nitrogen and oxygen atoms in total. The second-order valence-electron chi connectivity index (χ2n) is 5.42. The summed E-state index contributed by atoms with van der Waals surface area (Å²) in [6.45, 7) is 1.70. The van der Waals surface area contributed by atoms with Gasteiger partial charge in [0.2, 0.25) is 11.8 Å². The smallest absolute Gasteiger partial charge is 0.326 e. The van der Waals surface area contributed by atoms with Gasteiger partial charge < -0.3 is 26.2 Å². The van der Waals surface area contributed by atoms with Gasteiger partial charge in [0.05, 0.1) is 6.54 Å². The van der Waals surface area contributed by atoms with Gasteiger partial charge in [-0.05, 0) is 26.2 Å². The van der Waals surface area contributed by atoms with Crippen LogP contribution in [0.1, 0.15) is 32.6 Å². The Balaban J connectivity index is 2.81. The summed E-state index contributed by atoms with van der Waals surface area (Å²) in [6, 6.07) is -1.31. The Bertz CT molecular complexity index is 480. The Morgan fingerprint density at radius 3 is 2.45 bits per heavy atom. The standard InChI is InChI=1S/C13H21N3O6/c1-13(5-2-6-16(13)9(17)7-14)12(22)15-8(11(20)21)3-4-10(18)19/h8H,2-7,14H2,1H3,(H,15,22)(H,18,19)(H,20,21)/t8-,13+/m0/s1. The molecule has 2 atom stereocenters. The van der Waals surface area contributed by atoms with E-state index in [0.29, 0.717) is 19.4 Å². The number of hydrogen-bond acceptors (Lipinski definition) is 5. The second kappa shape index (κ2) is 7.21. The van der Waals surface area contributed by atoms with Crippen LogP contribution in [-0.2, 0) is 19.2 Å². The van der Waals surface area contributed by atoms with Crippen LogP contribution in [0.5, 0.6) is 0 Å². The summed E-state index contributed by atoms with van der Waals surface area (Å²) in [5.41, 5.74) is 4.16.